The Balaban J connectivity index is 1.16. The third kappa shape index (κ3) is 6.53. The minimum Gasteiger partial charge on any atom is -0.492 e. The van der Waals surface area contributed by atoms with E-state index in [-0.39, 0.29) is 5.91 Å². The molecule has 0 aliphatic carbocycles. The Hall–Kier alpha value is -3.17. The Bertz CT molecular complexity index is 1340. The molecule has 5 rings (SSSR count). The van der Waals surface area contributed by atoms with Gasteiger partial charge >= 0.3 is 0 Å². The lowest BCUT2D eigenvalue weighted by Crippen LogP contribution is -2.38. The first-order valence-electron chi connectivity index (χ1n) is 11.9. The van der Waals surface area contributed by atoms with Crippen LogP contribution < -0.4 is 15.4 Å². The van der Waals surface area contributed by atoms with E-state index in [1.54, 1.807) is 35.6 Å². The highest BCUT2D eigenvalue weighted by atomic mass is 35.5. The number of hydrogen-bond acceptors (Lipinski definition) is 7. The fourth-order valence-corrected chi connectivity index (χ4v) is 5.04. The normalized spacial score (nSPS) is 14.0. The minimum absolute atomic E-state index is 0.197. The van der Waals surface area contributed by atoms with Crippen molar-refractivity contribution < 1.29 is 14.3 Å². The number of amides is 1. The molecular weight excluding hydrogens is 496 g/mol. The molecule has 1 amide bonds. The topological polar surface area (TPSA) is 75.7 Å². The van der Waals surface area contributed by atoms with E-state index in [0.717, 1.165) is 65.2 Å². The van der Waals surface area contributed by atoms with Gasteiger partial charge in [0.15, 0.2) is 5.13 Å². The van der Waals surface area contributed by atoms with Gasteiger partial charge in [0.1, 0.15) is 12.4 Å². The molecule has 1 aromatic heterocycles. The van der Waals surface area contributed by atoms with Crippen molar-refractivity contribution in [2.75, 3.05) is 50.1 Å². The number of thiazole rings is 1. The molecule has 9 heteroatoms. The minimum atomic E-state index is -0.197. The molecule has 3 aromatic carbocycles. The molecule has 1 aliphatic rings. The highest BCUT2D eigenvalue weighted by Crippen LogP contribution is 2.29. The second kappa shape index (κ2) is 11.7. The zero-order chi connectivity index (χ0) is 24.7. The van der Waals surface area contributed by atoms with Gasteiger partial charge in [0.2, 0.25) is 0 Å². The van der Waals surface area contributed by atoms with Gasteiger partial charge in [-0.3, -0.25) is 9.69 Å². The van der Waals surface area contributed by atoms with Crippen molar-refractivity contribution in [3.63, 3.8) is 0 Å². The van der Waals surface area contributed by atoms with Crippen molar-refractivity contribution in [3.05, 3.63) is 82.9 Å². The standard InChI is InChI=1S/C27H27ClN4O3S/c28-21-5-2-4-20(16-21)26(33)30-22-6-1-3-19(15-22)18-29-27-31-24-8-7-23(17-25(24)36-27)35-14-11-32-9-12-34-13-10-32/h1-8,15-17H,9-14,18H2,(H,29,31)(H,30,33). The lowest BCUT2D eigenvalue weighted by Gasteiger charge is -2.26. The van der Waals surface area contributed by atoms with Crippen LogP contribution in [0, 0.1) is 0 Å². The Morgan fingerprint density at radius 1 is 1.08 bits per heavy atom. The summed E-state index contributed by atoms with van der Waals surface area (Å²) < 4.78 is 12.4. The van der Waals surface area contributed by atoms with Crippen molar-refractivity contribution in [2.24, 2.45) is 0 Å². The molecule has 0 unspecified atom stereocenters. The maximum atomic E-state index is 12.5. The molecule has 1 aliphatic heterocycles. The number of anilines is 2. The zero-order valence-electron chi connectivity index (χ0n) is 19.7. The number of halogens is 1. The molecule has 0 bridgehead atoms. The van der Waals surface area contributed by atoms with Crippen molar-refractivity contribution in [2.45, 2.75) is 6.54 Å². The molecule has 1 saturated heterocycles. The van der Waals surface area contributed by atoms with Gasteiger partial charge in [0.25, 0.3) is 5.91 Å². The number of nitrogens with one attached hydrogen (secondary N) is 2. The molecule has 1 fully saturated rings. The first-order valence-corrected chi connectivity index (χ1v) is 13.0. The fraction of sp³-hybridized carbons (Fsp3) is 0.259. The molecule has 7 nitrogen and oxygen atoms in total. The Labute approximate surface area is 219 Å². The average Bonchev–Trinajstić information content (AvgIpc) is 3.31. The molecule has 0 saturated carbocycles. The number of rotatable bonds is 9. The van der Waals surface area contributed by atoms with Crippen molar-refractivity contribution >= 4 is 49.9 Å². The second-order valence-corrected chi connectivity index (χ2v) is 9.94. The van der Waals surface area contributed by atoms with Crippen LogP contribution in [0.2, 0.25) is 5.02 Å². The van der Waals surface area contributed by atoms with E-state index in [2.05, 4.69) is 20.5 Å². The van der Waals surface area contributed by atoms with E-state index in [1.165, 1.54) is 0 Å². The number of hydrogen-bond donors (Lipinski definition) is 2. The van der Waals surface area contributed by atoms with Gasteiger partial charge in [-0.1, -0.05) is 41.1 Å². The predicted octanol–water partition coefficient (Wildman–Crippen LogP) is 5.53. The maximum absolute atomic E-state index is 12.5. The van der Waals surface area contributed by atoms with E-state index in [9.17, 15) is 4.79 Å². The summed E-state index contributed by atoms with van der Waals surface area (Å²) in [4.78, 5) is 19.6. The van der Waals surface area contributed by atoms with Crippen LogP contribution in [0.4, 0.5) is 10.8 Å². The number of fused-ring (bicyclic) bond motifs is 1. The quantitative estimate of drug-likeness (QED) is 0.301. The van der Waals surface area contributed by atoms with Crippen LogP contribution in [0.1, 0.15) is 15.9 Å². The summed E-state index contributed by atoms with van der Waals surface area (Å²) in [5.74, 6) is 0.658. The summed E-state index contributed by atoms with van der Waals surface area (Å²) in [5, 5.41) is 7.69. The Morgan fingerprint density at radius 2 is 1.94 bits per heavy atom. The molecule has 0 atom stereocenters. The Morgan fingerprint density at radius 3 is 2.81 bits per heavy atom. The SMILES string of the molecule is O=C(Nc1cccc(CNc2nc3ccc(OCCN4CCOCC4)cc3s2)c1)c1cccc(Cl)c1. The number of aromatic nitrogens is 1. The van der Waals surface area contributed by atoms with E-state index >= 15 is 0 Å². The number of benzene rings is 3. The van der Waals surface area contributed by atoms with Crippen molar-refractivity contribution in [1.29, 1.82) is 0 Å². The van der Waals surface area contributed by atoms with E-state index in [1.807, 2.05) is 42.5 Å². The van der Waals surface area contributed by atoms with Crippen LogP contribution >= 0.6 is 22.9 Å². The molecule has 186 valence electrons. The molecular formula is C27H27ClN4O3S. The van der Waals surface area contributed by atoms with E-state index in [0.29, 0.717) is 23.7 Å². The molecule has 0 spiro atoms. The van der Waals surface area contributed by atoms with Gasteiger partial charge < -0.3 is 20.1 Å². The van der Waals surface area contributed by atoms with Gasteiger partial charge in [-0.25, -0.2) is 4.98 Å². The smallest absolute Gasteiger partial charge is 0.255 e. The van der Waals surface area contributed by atoms with Crippen LogP contribution in [0.3, 0.4) is 0 Å². The van der Waals surface area contributed by atoms with Crippen LogP contribution in [0.15, 0.2) is 66.7 Å². The summed E-state index contributed by atoms with van der Waals surface area (Å²) >= 11 is 7.59. The van der Waals surface area contributed by atoms with Crippen LogP contribution in [-0.4, -0.2) is 55.2 Å². The lowest BCUT2D eigenvalue weighted by atomic mass is 10.1. The summed E-state index contributed by atoms with van der Waals surface area (Å²) in [6, 6.07) is 20.6. The van der Waals surface area contributed by atoms with Gasteiger partial charge in [-0.05, 0) is 54.1 Å². The highest BCUT2D eigenvalue weighted by Gasteiger charge is 2.11. The number of ether oxygens (including phenoxy) is 2. The van der Waals surface area contributed by atoms with Gasteiger partial charge in [0, 0.05) is 42.5 Å². The summed E-state index contributed by atoms with van der Waals surface area (Å²) in [7, 11) is 0. The summed E-state index contributed by atoms with van der Waals surface area (Å²) in [5.41, 5.74) is 3.21. The van der Waals surface area contributed by atoms with Crippen molar-refractivity contribution in [1.82, 2.24) is 9.88 Å². The summed E-state index contributed by atoms with van der Waals surface area (Å²) in [6.45, 7) is 5.65. The van der Waals surface area contributed by atoms with Crippen LogP contribution in [0.5, 0.6) is 5.75 Å². The highest BCUT2D eigenvalue weighted by molar-refractivity contribution is 7.22. The number of carbonyl (C=O) groups excluding carboxylic acids is 1. The zero-order valence-corrected chi connectivity index (χ0v) is 21.3. The number of morpholine rings is 1. The maximum Gasteiger partial charge on any atom is 0.255 e. The number of carbonyl (C=O) groups is 1. The monoisotopic (exact) mass is 522 g/mol. The molecule has 4 aromatic rings. The molecule has 0 radical (unpaired) electrons. The lowest BCUT2D eigenvalue weighted by molar-refractivity contribution is 0.0322. The van der Waals surface area contributed by atoms with Crippen LogP contribution in [-0.2, 0) is 11.3 Å². The fourth-order valence-electron chi connectivity index (χ4n) is 3.96. The van der Waals surface area contributed by atoms with Crippen LogP contribution in [0.25, 0.3) is 10.2 Å². The number of nitrogens with zero attached hydrogens (tertiary/aromatic N) is 2. The molecule has 2 N–H and O–H groups in total. The van der Waals surface area contributed by atoms with Gasteiger partial charge in [-0.15, -0.1) is 0 Å². The van der Waals surface area contributed by atoms with Gasteiger partial charge in [-0.2, -0.15) is 0 Å². The van der Waals surface area contributed by atoms with E-state index in [4.69, 9.17) is 21.1 Å². The first kappa shape index (κ1) is 24.5. The second-order valence-electron chi connectivity index (χ2n) is 8.47. The Kier molecular flexibility index (Phi) is 7.98. The largest absolute Gasteiger partial charge is 0.492 e. The molecule has 36 heavy (non-hydrogen) atoms. The third-order valence-electron chi connectivity index (χ3n) is 5.86. The average molecular weight is 523 g/mol. The molecule has 2 heterocycles. The first-order chi connectivity index (χ1) is 17.6. The summed E-state index contributed by atoms with van der Waals surface area (Å²) in [6.07, 6.45) is 0. The van der Waals surface area contributed by atoms with Crippen molar-refractivity contribution in [3.8, 4) is 5.75 Å². The predicted molar refractivity (Wildman–Crippen MR) is 146 cm³/mol. The van der Waals surface area contributed by atoms with Gasteiger partial charge in [0.05, 0.1) is 23.4 Å². The third-order valence-corrected chi connectivity index (χ3v) is 7.07. The van der Waals surface area contributed by atoms with E-state index < -0.39 is 0 Å².